The largest absolute Gasteiger partial charge is 0.368 e. The van der Waals surface area contributed by atoms with E-state index in [0.29, 0.717) is 0 Å². The van der Waals surface area contributed by atoms with Crippen molar-refractivity contribution in [3.8, 4) is 0 Å². The van der Waals surface area contributed by atoms with Gasteiger partial charge in [0.05, 0.1) is 6.54 Å². The fourth-order valence-electron chi connectivity index (χ4n) is 0.944. The van der Waals surface area contributed by atoms with Crippen molar-refractivity contribution in [3.05, 3.63) is 10.1 Å². The van der Waals surface area contributed by atoms with Crippen LogP contribution in [0.3, 0.4) is 0 Å². The molecule has 0 saturated carbocycles. The van der Waals surface area contributed by atoms with Gasteiger partial charge in [-0.1, -0.05) is 0 Å². The molecule has 62 valence electrons. The maximum Gasteiger partial charge on any atom is 0.252 e. The molecule has 0 aromatic heterocycles. The maximum absolute atomic E-state index is 10.5. The Labute approximate surface area is 62.1 Å². The number of carbonyl (C=O) groups excluding carboxylic acids is 1. The van der Waals surface area contributed by atoms with E-state index in [1.54, 1.807) is 0 Å². The molecule has 0 aromatic rings. The van der Waals surface area contributed by atoms with Crippen LogP contribution in [0.15, 0.2) is 0 Å². The third-order valence-electron chi connectivity index (χ3n) is 1.53. The topological polar surface area (TPSA) is 110 Å². The molecule has 1 aliphatic heterocycles. The first-order valence-corrected chi connectivity index (χ1v) is 3.04. The van der Waals surface area contributed by atoms with Crippen LogP contribution in [-0.2, 0) is 4.79 Å². The van der Waals surface area contributed by atoms with E-state index in [9.17, 15) is 14.9 Å². The SMILES string of the molecule is NC(=O)C1NNCC1[N+](=O)[O-]. The molecule has 1 aliphatic rings. The van der Waals surface area contributed by atoms with Gasteiger partial charge < -0.3 is 5.73 Å². The highest BCUT2D eigenvalue weighted by Gasteiger charge is 2.39. The van der Waals surface area contributed by atoms with E-state index < -0.39 is 22.9 Å². The second-order valence-corrected chi connectivity index (χ2v) is 2.26. The fraction of sp³-hybridized carbons (Fsp3) is 0.750. The van der Waals surface area contributed by atoms with E-state index in [1.165, 1.54) is 0 Å². The minimum Gasteiger partial charge on any atom is -0.368 e. The predicted molar refractivity (Wildman–Crippen MR) is 34.9 cm³/mol. The Hall–Kier alpha value is -1.21. The molecular weight excluding hydrogens is 152 g/mol. The van der Waals surface area contributed by atoms with Crippen molar-refractivity contribution in [1.82, 2.24) is 10.9 Å². The standard InChI is InChI=1S/C4H8N4O3/c5-4(9)3-2(8(10)11)1-6-7-3/h2-3,6-7H,1H2,(H2,5,9). The first-order chi connectivity index (χ1) is 5.13. The number of rotatable bonds is 2. The van der Waals surface area contributed by atoms with Crippen molar-refractivity contribution in [2.45, 2.75) is 12.1 Å². The molecule has 2 atom stereocenters. The Morgan fingerprint density at radius 3 is 2.73 bits per heavy atom. The molecular formula is C4H8N4O3. The summed E-state index contributed by atoms with van der Waals surface area (Å²) in [6.07, 6.45) is 0. The molecule has 7 nitrogen and oxygen atoms in total. The molecule has 1 heterocycles. The number of hydrazine groups is 1. The van der Waals surface area contributed by atoms with Crippen molar-refractivity contribution in [3.63, 3.8) is 0 Å². The van der Waals surface area contributed by atoms with Crippen LogP contribution in [0.25, 0.3) is 0 Å². The van der Waals surface area contributed by atoms with Gasteiger partial charge in [-0.2, -0.15) is 0 Å². The fourth-order valence-corrected chi connectivity index (χ4v) is 0.944. The quantitative estimate of drug-likeness (QED) is 0.308. The Bertz CT molecular complexity index is 174. The Kier molecular flexibility index (Phi) is 2.01. The van der Waals surface area contributed by atoms with Crippen LogP contribution in [0.4, 0.5) is 0 Å². The van der Waals surface area contributed by atoms with E-state index in [-0.39, 0.29) is 6.54 Å². The third-order valence-corrected chi connectivity index (χ3v) is 1.53. The molecule has 0 bridgehead atoms. The number of nitrogens with two attached hydrogens (primary N) is 1. The number of hydrogen-bond donors (Lipinski definition) is 3. The van der Waals surface area contributed by atoms with Gasteiger partial charge in [-0.3, -0.25) is 14.9 Å². The predicted octanol–water partition coefficient (Wildman–Crippen LogP) is -2.41. The van der Waals surface area contributed by atoms with Gasteiger partial charge in [-0.05, 0) is 0 Å². The zero-order valence-corrected chi connectivity index (χ0v) is 5.61. The van der Waals surface area contributed by atoms with Gasteiger partial charge in [0.2, 0.25) is 5.91 Å². The van der Waals surface area contributed by atoms with Crippen LogP contribution in [0.5, 0.6) is 0 Å². The van der Waals surface area contributed by atoms with E-state index in [2.05, 4.69) is 10.9 Å². The first kappa shape index (κ1) is 7.89. The van der Waals surface area contributed by atoms with Gasteiger partial charge in [0.25, 0.3) is 6.04 Å². The molecule has 0 radical (unpaired) electrons. The van der Waals surface area contributed by atoms with Gasteiger partial charge >= 0.3 is 0 Å². The maximum atomic E-state index is 10.5. The highest BCUT2D eigenvalue weighted by Crippen LogP contribution is 2.00. The van der Waals surface area contributed by atoms with Crippen molar-refractivity contribution in [1.29, 1.82) is 0 Å². The zero-order chi connectivity index (χ0) is 8.43. The number of hydrogen-bond acceptors (Lipinski definition) is 5. The number of nitrogens with zero attached hydrogens (tertiary/aromatic N) is 1. The van der Waals surface area contributed by atoms with Crippen LogP contribution in [-0.4, -0.2) is 29.5 Å². The van der Waals surface area contributed by atoms with E-state index in [0.717, 1.165) is 0 Å². The summed E-state index contributed by atoms with van der Waals surface area (Å²) in [5.74, 6) is -0.711. The summed E-state index contributed by atoms with van der Waals surface area (Å²) in [6, 6.07) is -1.85. The summed E-state index contributed by atoms with van der Waals surface area (Å²) in [4.78, 5) is 20.2. The summed E-state index contributed by atoms with van der Waals surface area (Å²) < 4.78 is 0. The van der Waals surface area contributed by atoms with Crippen LogP contribution >= 0.6 is 0 Å². The van der Waals surface area contributed by atoms with E-state index >= 15 is 0 Å². The summed E-state index contributed by atoms with van der Waals surface area (Å²) in [7, 11) is 0. The summed E-state index contributed by atoms with van der Waals surface area (Å²) >= 11 is 0. The molecule has 11 heavy (non-hydrogen) atoms. The molecule has 0 aromatic carbocycles. The second kappa shape index (κ2) is 2.81. The first-order valence-electron chi connectivity index (χ1n) is 3.04. The second-order valence-electron chi connectivity index (χ2n) is 2.26. The molecule has 2 unspecified atom stereocenters. The van der Waals surface area contributed by atoms with Crippen LogP contribution in [0, 0.1) is 10.1 Å². The average Bonchev–Trinajstić information content (AvgIpc) is 2.32. The van der Waals surface area contributed by atoms with E-state index in [1.807, 2.05) is 0 Å². The lowest BCUT2D eigenvalue weighted by Gasteiger charge is -2.06. The normalized spacial score (nSPS) is 30.2. The molecule has 7 heteroatoms. The number of nitro groups is 1. The third kappa shape index (κ3) is 1.44. The summed E-state index contributed by atoms with van der Waals surface area (Å²) in [5, 5.41) is 10.2. The number of nitrogens with one attached hydrogen (secondary N) is 2. The van der Waals surface area contributed by atoms with Crippen molar-refractivity contribution >= 4 is 5.91 Å². The lowest BCUT2D eigenvalue weighted by Crippen LogP contribution is -2.47. The average molecular weight is 160 g/mol. The molecule has 1 amide bonds. The minimum atomic E-state index is -0.951. The molecule has 1 fully saturated rings. The van der Waals surface area contributed by atoms with E-state index in [4.69, 9.17) is 5.73 Å². The number of primary amides is 1. The van der Waals surface area contributed by atoms with Gasteiger partial charge in [0.15, 0.2) is 6.04 Å². The van der Waals surface area contributed by atoms with Crippen molar-refractivity contribution in [2.24, 2.45) is 5.73 Å². The van der Waals surface area contributed by atoms with Gasteiger partial charge in [-0.25, -0.2) is 10.9 Å². The lowest BCUT2D eigenvalue weighted by atomic mass is 10.1. The molecule has 1 rings (SSSR count). The van der Waals surface area contributed by atoms with Crippen LogP contribution in [0.1, 0.15) is 0 Å². The van der Waals surface area contributed by atoms with Crippen LogP contribution < -0.4 is 16.6 Å². The molecule has 1 saturated heterocycles. The highest BCUT2D eigenvalue weighted by molar-refractivity contribution is 5.80. The molecule has 0 aliphatic carbocycles. The zero-order valence-electron chi connectivity index (χ0n) is 5.61. The van der Waals surface area contributed by atoms with Crippen molar-refractivity contribution < 1.29 is 9.72 Å². The summed E-state index contributed by atoms with van der Waals surface area (Å²) in [6.45, 7) is 0.126. The Morgan fingerprint density at radius 2 is 2.36 bits per heavy atom. The van der Waals surface area contributed by atoms with Crippen molar-refractivity contribution in [2.75, 3.05) is 6.54 Å². The molecule has 0 spiro atoms. The lowest BCUT2D eigenvalue weighted by molar-refractivity contribution is -0.517. The monoisotopic (exact) mass is 160 g/mol. The smallest absolute Gasteiger partial charge is 0.252 e. The van der Waals surface area contributed by atoms with Gasteiger partial charge in [0, 0.05) is 4.92 Å². The van der Waals surface area contributed by atoms with Gasteiger partial charge in [0.1, 0.15) is 0 Å². The number of amides is 1. The Morgan fingerprint density at radius 1 is 1.73 bits per heavy atom. The minimum absolute atomic E-state index is 0.126. The summed E-state index contributed by atoms with van der Waals surface area (Å²) in [5.41, 5.74) is 9.79. The van der Waals surface area contributed by atoms with Crippen LogP contribution in [0.2, 0.25) is 0 Å². The number of carbonyl (C=O) groups is 1. The highest BCUT2D eigenvalue weighted by atomic mass is 16.6. The Balaban J connectivity index is 2.65. The van der Waals surface area contributed by atoms with Gasteiger partial charge in [-0.15, -0.1) is 0 Å². The molecule has 4 N–H and O–H groups in total.